The van der Waals surface area contributed by atoms with Gasteiger partial charge in [-0.05, 0) is 31.8 Å². The summed E-state index contributed by atoms with van der Waals surface area (Å²) in [6, 6.07) is 0. The van der Waals surface area contributed by atoms with Crippen LogP contribution in [-0.2, 0) is 13.6 Å². The van der Waals surface area contributed by atoms with Crippen molar-refractivity contribution in [1.82, 2.24) is 24.6 Å². The molecule has 23 heavy (non-hydrogen) atoms. The molecule has 124 valence electrons. The molecule has 0 aromatic carbocycles. The summed E-state index contributed by atoms with van der Waals surface area (Å²) in [6.07, 6.45) is 7.65. The Labute approximate surface area is 140 Å². The molecule has 3 heterocycles. The van der Waals surface area contributed by atoms with Gasteiger partial charge in [-0.1, -0.05) is 0 Å². The standard InChI is InChI=1S/C16H23N5OS/c1-19(16(22)14-7-18-20(2)10-14)9-13-3-5-21(6-4-13)11-15-8-17-12-23-15/h7-8,10,12-13H,3-6,9,11H2,1-2H3. The quantitative estimate of drug-likeness (QED) is 0.838. The minimum absolute atomic E-state index is 0.0604. The number of carbonyl (C=O) groups excluding carboxylic acids is 1. The average Bonchev–Trinajstić information content (AvgIpc) is 3.20. The van der Waals surface area contributed by atoms with Crippen LogP contribution >= 0.6 is 11.3 Å². The van der Waals surface area contributed by atoms with Crippen LogP contribution in [0.3, 0.4) is 0 Å². The van der Waals surface area contributed by atoms with Crippen molar-refractivity contribution in [2.75, 3.05) is 26.7 Å². The molecule has 2 aromatic heterocycles. The van der Waals surface area contributed by atoms with Crippen molar-refractivity contribution in [3.05, 3.63) is 34.5 Å². The predicted molar refractivity (Wildman–Crippen MR) is 90.3 cm³/mol. The summed E-state index contributed by atoms with van der Waals surface area (Å²) in [5, 5.41) is 4.07. The van der Waals surface area contributed by atoms with Crippen molar-refractivity contribution in [2.24, 2.45) is 13.0 Å². The third-order valence-electron chi connectivity index (χ3n) is 4.40. The first-order valence-corrected chi connectivity index (χ1v) is 8.83. The third kappa shape index (κ3) is 4.17. The van der Waals surface area contributed by atoms with Crippen molar-refractivity contribution < 1.29 is 4.79 Å². The molecule has 1 fully saturated rings. The van der Waals surface area contributed by atoms with Crippen LogP contribution < -0.4 is 0 Å². The molecule has 0 saturated carbocycles. The summed E-state index contributed by atoms with van der Waals surface area (Å²) < 4.78 is 1.67. The van der Waals surface area contributed by atoms with E-state index >= 15 is 0 Å². The van der Waals surface area contributed by atoms with Crippen LogP contribution in [0.2, 0.25) is 0 Å². The van der Waals surface area contributed by atoms with Gasteiger partial charge in [0.15, 0.2) is 0 Å². The number of piperidine rings is 1. The number of thiazole rings is 1. The first-order valence-electron chi connectivity index (χ1n) is 7.95. The molecule has 0 radical (unpaired) electrons. The highest BCUT2D eigenvalue weighted by Crippen LogP contribution is 2.21. The fourth-order valence-corrected chi connectivity index (χ4v) is 3.73. The minimum atomic E-state index is 0.0604. The van der Waals surface area contributed by atoms with Gasteiger partial charge in [0.1, 0.15) is 0 Å². The lowest BCUT2D eigenvalue weighted by atomic mass is 9.96. The molecule has 0 spiro atoms. The number of hydrogen-bond donors (Lipinski definition) is 0. The van der Waals surface area contributed by atoms with Crippen molar-refractivity contribution in [2.45, 2.75) is 19.4 Å². The van der Waals surface area contributed by atoms with Crippen molar-refractivity contribution in [1.29, 1.82) is 0 Å². The minimum Gasteiger partial charge on any atom is -0.341 e. The molecule has 0 atom stereocenters. The Morgan fingerprint density at radius 2 is 2.17 bits per heavy atom. The van der Waals surface area contributed by atoms with Gasteiger partial charge in [-0.15, -0.1) is 11.3 Å². The number of rotatable bonds is 5. The smallest absolute Gasteiger partial charge is 0.256 e. The van der Waals surface area contributed by atoms with E-state index in [0.29, 0.717) is 11.5 Å². The lowest BCUT2D eigenvalue weighted by molar-refractivity contribution is 0.0737. The maximum absolute atomic E-state index is 12.4. The van der Waals surface area contributed by atoms with Crippen LogP contribution in [0.25, 0.3) is 0 Å². The molecule has 0 N–H and O–H groups in total. The number of aromatic nitrogens is 3. The highest BCUT2D eigenvalue weighted by molar-refractivity contribution is 7.09. The zero-order chi connectivity index (χ0) is 16.2. The zero-order valence-corrected chi connectivity index (χ0v) is 14.5. The molecule has 2 aromatic rings. The van der Waals surface area contributed by atoms with E-state index < -0.39 is 0 Å². The lowest BCUT2D eigenvalue weighted by Crippen LogP contribution is -2.39. The van der Waals surface area contributed by atoms with Gasteiger partial charge in [-0.3, -0.25) is 19.4 Å². The van der Waals surface area contributed by atoms with Gasteiger partial charge in [-0.2, -0.15) is 5.10 Å². The first-order chi connectivity index (χ1) is 11.1. The van der Waals surface area contributed by atoms with Crippen molar-refractivity contribution >= 4 is 17.2 Å². The van der Waals surface area contributed by atoms with Gasteiger partial charge >= 0.3 is 0 Å². The second kappa shape index (κ2) is 7.23. The van der Waals surface area contributed by atoms with Crippen LogP contribution in [0.4, 0.5) is 0 Å². The fourth-order valence-electron chi connectivity index (χ4n) is 3.09. The molecule has 1 aliphatic heterocycles. The molecule has 0 bridgehead atoms. The topological polar surface area (TPSA) is 54.3 Å². The molecule has 0 unspecified atom stereocenters. The molecule has 1 amide bonds. The number of aryl methyl sites for hydroxylation is 1. The van der Waals surface area contributed by atoms with Gasteiger partial charge in [0.05, 0.1) is 17.3 Å². The van der Waals surface area contributed by atoms with E-state index in [1.165, 1.54) is 4.88 Å². The van der Waals surface area contributed by atoms with E-state index in [1.54, 1.807) is 28.4 Å². The highest BCUT2D eigenvalue weighted by Gasteiger charge is 2.23. The highest BCUT2D eigenvalue weighted by atomic mass is 32.1. The van der Waals surface area contributed by atoms with Gasteiger partial charge in [-0.25, -0.2) is 0 Å². The molecule has 7 heteroatoms. The van der Waals surface area contributed by atoms with E-state index in [-0.39, 0.29) is 5.91 Å². The number of carbonyl (C=O) groups is 1. The van der Waals surface area contributed by atoms with Crippen LogP contribution in [-0.4, -0.2) is 57.2 Å². The van der Waals surface area contributed by atoms with Crippen LogP contribution in [0.5, 0.6) is 0 Å². The lowest BCUT2D eigenvalue weighted by Gasteiger charge is -2.33. The van der Waals surface area contributed by atoms with Gasteiger partial charge < -0.3 is 4.90 Å². The maximum atomic E-state index is 12.4. The average molecular weight is 333 g/mol. The first kappa shape index (κ1) is 16.1. The number of nitrogens with zero attached hydrogens (tertiary/aromatic N) is 5. The Morgan fingerprint density at radius 3 is 2.78 bits per heavy atom. The van der Waals surface area contributed by atoms with Gasteiger partial charge in [0.25, 0.3) is 5.91 Å². The monoisotopic (exact) mass is 333 g/mol. The fraction of sp³-hybridized carbons (Fsp3) is 0.562. The SMILES string of the molecule is CN(CC1CCN(Cc2cncs2)CC1)C(=O)c1cnn(C)c1. The predicted octanol–water partition coefficient (Wildman–Crippen LogP) is 1.86. The van der Waals surface area contributed by atoms with Crippen molar-refractivity contribution in [3.8, 4) is 0 Å². The molecular weight excluding hydrogens is 310 g/mol. The largest absolute Gasteiger partial charge is 0.341 e. The summed E-state index contributed by atoms with van der Waals surface area (Å²) in [5.74, 6) is 0.642. The summed E-state index contributed by atoms with van der Waals surface area (Å²) in [6.45, 7) is 4.01. The Kier molecular flexibility index (Phi) is 5.07. The molecule has 3 rings (SSSR count). The molecule has 0 aliphatic carbocycles. The summed E-state index contributed by atoms with van der Waals surface area (Å²) in [5.41, 5.74) is 2.55. The second-order valence-corrected chi connectivity index (χ2v) is 7.25. The van der Waals surface area contributed by atoms with Gasteiger partial charge in [0, 0.05) is 44.5 Å². The second-order valence-electron chi connectivity index (χ2n) is 6.28. The van der Waals surface area contributed by atoms with Crippen LogP contribution in [0, 0.1) is 5.92 Å². The number of hydrogen-bond acceptors (Lipinski definition) is 5. The van der Waals surface area contributed by atoms with Crippen LogP contribution in [0.1, 0.15) is 28.1 Å². The van der Waals surface area contributed by atoms with Gasteiger partial charge in [0.2, 0.25) is 0 Å². The summed E-state index contributed by atoms with van der Waals surface area (Å²) in [7, 11) is 3.72. The Morgan fingerprint density at radius 1 is 1.39 bits per heavy atom. The Hall–Kier alpha value is -1.73. The summed E-state index contributed by atoms with van der Waals surface area (Å²) >= 11 is 1.72. The van der Waals surface area contributed by atoms with E-state index in [0.717, 1.165) is 39.0 Å². The number of amides is 1. The molecule has 6 nitrogen and oxygen atoms in total. The molecule has 1 saturated heterocycles. The summed E-state index contributed by atoms with van der Waals surface area (Å²) in [4.78, 5) is 22.1. The third-order valence-corrected chi connectivity index (χ3v) is 5.17. The Bertz CT molecular complexity index is 631. The normalized spacial score (nSPS) is 16.6. The van der Waals surface area contributed by atoms with E-state index in [1.807, 2.05) is 30.7 Å². The molecular formula is C16H23N5OS. The van der Waals surface area contributed by atoms with E-state index in [9.17, 15) is 4.79 Å². The van der Waals surface area contributed by atoms with E-state index in [4.69, 9.17) is 0 Å². The number of likely N-dealkylation sites (tertiary alicyclic amines) is 1. The zero-order valence-electron chi connectivity index (χ0n) is 13.7. The van der Waals surface area contributed by atoms with E-state index in [2.05, 4.69) is 15.0 Å². The van der Waals surface area contributed by atoms with Crippen LogP contribution in [0.15, 0.2) is 24.1 Å². The van der Waals surface area contributed by atoms with Crippen molar-refractivity contribution in [3.63, 3.8) is 0 Å². The Balaban J connectivity index is 1.45. The molecule has 1 aliphatic rings. The maximum Gasteiger partial charge on any atom is 0.256 e.